The Bertz CT molecular complexity index is 666. The van der Waals surface area contributed by atoms with E-state index in [1.807, 2.05) is 13.0 Å². The molecule has 0 spiro atoms. The Kier molecular flexibility index (Phi) is 4.53. The summed E-state index contributed by atoms with van der Waals surface area (Å²) in [7, 11) is 0. The van der Waals surface area contributed by atoms with Crippen LogP contribution in [0.1, 0.15) is 16.7 Å². The van der Waals surface area contributed by atoms with E-state index >= 15 is 0 Å². The van der Waals surface area contributed by atoms with Crippen molar-refractivity contribution in [3.05, 3.63) is 64.2 Å². The first-order valence-corrected chi connectivity index (χ1v) is 6.46. The molecule has 0 bridgehead atoms. The minimum atomic E-state index is -4.36. The van der Waals surface area contributed by atoms with E-state index < -0.39 is 11.7 Å². The number of halogens is 4. The van der Waals surface area contributed by atoms with Crippen molar-refractivity contribution in [1.82, 2.24) is 0 Å². The molecule has 0 aliphatic rings. The van der Waals surface area contributed by atoms with Gasteiger partial charge in [-0.2, -0.15) is 18.3 Å². The number of hydrogen-bond acceptors (Lipinski definition) is 2. The number of anilines is 1. The summed E-state index contributed by atoms with van der Waals surface area (Å²) in [4.78, 5) is 0. The van der Waals surface area contributed by atoms with E-state index in [-0.39, 0.29) is 0 Å². The Morgan fingerprint density at radius 3 is 2.57 bits per heavy atom. The Balaban J connectivity index is 2.09. The fourth-order valence-electron chi connectivity index (χ4n) is 1.64. The van der Waals surface area contributed by atoms with Crippen LogP contribution in [0.15, 0.2) is 47.6 Å². The number of aryl methyl sites for hydroxylation is 1. The minimum Gasteiger partial charge on any atom is -0.278 e. The van der Waals surface area contributed by atoms with Crippen LogP contribution in [-0.4, -0.2) is 6.21 Å². The number of hydrogen-bond donors (Lipinski definition) is 1. The van der Waals surface area contributed by atoms with Crippen LogP contribution in [0.5, 0.6) is 0 Å². The molecule has 2 aromatic rings. The van der Waals surface area contributed by atoms with Crippen LogP contribution >= 0.6 is 11.6 Å². The molecule has 0 aromatic heterocycles. The van der Waals surface area contributed by atoms with Gasteiger partial charge in [0.2, 0.25) is 0 Å². The number of nitrogens with zero attached hydrogens (tertiary/aromatic N) is 1. The van der Waals surface area contributed by atoms with Crippen LogP contribution in [0, 0.1) is 6.92 Å². The number of alkyl halides is 3. The van der Waals surface area contributed by atoms with E-state index in [1.54, 1.807) is 18.2 Å². The van der Waals surface area contributed by atoms with Gasteiger partial charge < -0.3 is 0 Å². The van der Waals surface area contributed by atoms with Crippen molar-refractivity contribution in [1.29, 1.82) is 0 Å². The maximum Gasteiger partial charge on any atom is 0.416 e. The third-order valence-corrected chi connectivity index (χ3v) is 3.20. The Hall–Kier alpha value is -2.01. The van der Waals surface area contributed by atoms with Crippen molar-refractivity contribution in [2.45, 2.75) is 13.1 Å². The molecule has 0 atom stereocenters. The van der Waals surface area contributed by atoms with Gasteiger partial charge in [-0.1, -0.05) is 29.8 Å². The summed E-state index contributed by atoms with van der Waals surface area (Å²) in [5.74, 6) is 0. The van der Waals surface area contributed by atoms with Crippen LogP contribution in [0.3, 0.4) is 0 Å². The first-order valence-electron chi connectivity index (χ1n) is 6.09. The first-order chi connectivity index (χ1) is 9.86. The van der Waals surface area contributed by atoms with Crippen molar-refractivity contribution < 1.29 is 13.2 Å². The summed E-state index contributed by atoms with van der Waals surface area (Å²) in [5, 5.41) is 4.50. The summed E-state index contributed by atoms with van der Waals surface area (Å²) in [6.07, 6.45) is -3.04. The fraction of sp³-hybridized carbons (Fsp3) is 0.133. The Labute approximate surface area is 125 Å². The van der Waals surface area contributed by atoms with E-state index in [0.29, 0.717) is 16.3 Å². The average Bonchev–Trinajstić information content (AvgIpc) is 2.42. The number of rotatable bonds is 3. The van der Waals surface area contributed by atoms with Gasteiger partial charge in [0.15, 0.2) is 0 Å². The molecule has 1 N–H and O–H groups in total. The van der Waals surface area contributed by atoms with Gasteiger partial charge in [-0.05, 0) is 42.3 Å². The SMILES string of the molecule is Cc1ccc(N/N=C/c2cccc(C(F)(F)F)c2)cc1Cl. The van der Waals surface area contributed by atoms with Crippen molar-refractivity contribution in [3.63, 3.8) is 0 Å². The molecule has 0 fully saturated rings. The predicted molar refractivity (Wildman–Crippen MR) is 78.8 cm³/mol. The molecule has 0 radical (unpaired) electrons. The molecule has 110 valence electrons. The van der Waals surface area contributed by atoms with Gasteiger partial charge in [0, 0.05) is 5.02 Å². The van der Waals surface area contributed by atoms with Crippen LogP contribution in [0.25, 0.3) is 0 Å². The van der Waals surface area contributed by atoms with Crippen LogP contribution < -0.4 is 5.43 Å². The van der Waals surface area contributed by atoms with Crippen molar-refractivity contribution >= 4 is 23.5 Å². The third kappa shape index (κ3) is 4.23. The number of benzene rings is 2. The summed E-state index contributed by atoms with van der Waals surface area (Å²) in [5.41, 5.74) is 3.97. The second-order valence-corrected chi connectivity index (χ2v) is 4.86. The van der Waals surface area contributed by atoms with Gasteiger partial charge in [0.05, 0.1) is 17.5 Å². The normalized spacial score (nSPS) is 11.9. The largest absolute Gasteiger partial charge is 0.416 e. The van der Waals surface area contributed by atoms with Gasteiger partial charge in [0.25, 0.3) is 0 Å². The second-order valence-electron chi connectivity index (χ2n) is 4.46. The predicted octanol–water partition coefficient (Wildman–Crippen LogP) is 5.11. The summed E-state index contributed by atoms with van der Waals surface area (Å²) in [6, 6.07) is 10.2. The van der Waals surface area contributed by atoms with Crippen LogP contribution in [0.2, 0.25) is 5.02 Å². The first kappa shape index (κ1) is 15.4. The number of nitrogens with one attached hydrogen (secondary N) is 1. The van der Waals surface area contributed by atoms with Gasteiger partial charge in [-0.25, -0.2) is 0 Å². The molecule has 21 heavy (non-hydrogen) atoms. The highest BCUT2D eigenvalue weighted by Gasteiger charge is 2.30. The molecule has 0 aliphatic carbocycles. The highest BCUT2D eigenvalue weighted by atomic mass is 35.5. The zero-order chi connectivity index (χ0) is 15.5. The minimum absolute atomic E-state index is 0.357. The molecule has 0 amide bonds. The monoisotopic (exact) mass is 312 g/mol. The third-order valence-electron chi connectivity index (χ3n) is 2.79. The molecule has 0 heterocycles. The highest BCUT2D eigenvalue weighted by molar-refractivity contribution is 6.31. The van der Waals surface area contributed by atoms with Gasteiger partial charge >= 0.3 is 6.18 Å². The summed E-state index contributed by atoms with van der Waals surface area (Å²) in [6.45, 7) is 1.87. The second kappa shape index (κ2) is 6.18. The topological polar surface area (TPSA) is 24.4 Å². The molecule has 2 rings (SSSR count). The quantitative estimate of drug-likeness (QED) is 0.618. The Morgan fingerprint density at radius 1 is 1.14 bits per heavy atom. The average molecular weight is 313 g/mol. The molecule has 0 saturated heterocycles. The zero-order valence-corrected chi connectivity index (χ0v) is 11.8. The van der Waals surface area contributed by atoms with E-state index in [1.165, 1.54) is 12.3 Å². The highest BCUT2D eigenvalue weighted by Crippen LogP contribution is 2.29. The van der Waals surface area contributed by atoms with Crippen LogP contribution in [-0.2, 0) is 6.18 Å². The maximum atomic E-state index is 12.6. The lowest BCUT2D eigenvalue weighted by molar-refractivity contribution is -0.137. The fourth-order valence-corrected chi connectivity index (χ4v) is 1.82. The van der Waals surface area contributed by atoms with Crippen LogP contribution in [0.4, 0.5) is 18.9 Å². The van der Waals surface area contributed by atoms with Gasteiger partial charge in [-0.3, -0.25) is 5.43 Å². The maximum absolute atomic E-state index is 12.6. The standard InChI is InChI=1S/C15H12ClF3N2/c1-10-5-6-13(8-14(10)16)21-20-9-11-3-2-4-12(7-11)15(17,18)19/h2-9,21H,1H3/b20-9+. The van der Waals surface area contributed by atoms with E-state index in [4.69, 9.17) is 11.6 Å². The zero-order valence-electron chi connectivity index (χ0n) is 11.1. The Morgan fingerprint density at radius 2 is 1.90 bits per heavy atom. The van der Waals surface area contributed by atoms with E-state index in [2.05, 4.69) is 10.5 Å². The van der Waals surface area contributed by atoms with Crippen molar-refractivity contribution in [2.24, 2.45) is 5.10 Å². The molecule has 6 heteroatoms. The lowest BCUT2D eigenvalue weighted by Crippen LogP contribution is -2.05. The lowest BCUT2D eigenvalue weighted by atomic mass is 10.1. The molecule has 0 unspecified atom stereocenters. The van der Waals surface area contributed by atoms with E-state index in [0.717, 1.165) is 17.7 Å². The number of hydrazone groups is 1. The van der Waals surface area contributed by atoms with Gasteiger partial charge in [0.1, 0.15) is 0 Å². The molecule has 0 aliphatic heterocycles. The van der Waals surface area contributed by atoms with Gasteiger partial charge in [-0.15, -0.1) is 0 Å². The lowest BCUT2D eigenvalue weighted by Gasteiger charge is -2.06. The van der Waals surface area contributed by atoms with E-state index in [9.17, 15) is 13.2 Å². The molecule has 0 saturated carbocycles. The molecule has 2 aromatic carbocycles. The molecular formula is C15H12ClF3N2. The van der Waals surface area contributed by atoms with Crippen molar-refractivity contribution in [3.8, 4) is 0 Å². The molecule has 2 nitrogen and oxygen atoms in total. The van der Waals surface area contributed by atoms with Crippen molar-refractivity contribution in [2.75, 3.05) is 5.43 Å². The smallest absolute Gasteiger partial charge is 0.278 e. The molecular weight excluding hydrogens is 301 g/mol. The summed E-state index contributed by atoms with van der Waals surface area (Å²) < 4.78 is 37.7. The summed E-state index contributed by atoms with van der Waals surface area (Å²) >= 11 is 5.96.